The maximum Gasteiger partial charge on any atom is 0.101 e. The lowest BCUT2D eigenvalue weighted by Crippen LogP contribution is -1.80. The zero-order chi connectivity index (χ0) is 11.5. The summed E-state index contributed by atoms with van der Waals surface area (Å²) in [6.07, 6.45) is 1.60. The molecule has 0 bridgehead atoms. The molecule has 1 heterocycles. The van der Waals surface area contributed by atoms with E-state index in [1.807, 2.05) is 12.1 Å². The Balaban J connectivity index is 2.26. The standard InChI is InChI=1S/C11H6Cl3NS/c12-7-1-3-9(14)10(5-7)16-11-4-2-8(13)6-15-11/h1-6H. The third-order valence-electron chi connectivity index (χ3n) is 1.81. The fourth-order valence-electron chi connectivity index (χ4n) is 1.09. The van der Waals surface area contributed by atoms with Crippen molar-refractivity contribution < 1.29 is 0 Å². The first-order chi connectivity index (χ1) is 7.65. The second-order valence-corrected chi connectivity index (χ2v) is 5.33. The normalized spacial score (nSPS) is 10.4. The van der Waals surface area contributed by atoms with Gasteiger partial charge in [-0.3, -0.25) is 0 Å². The maximum absolute atomic E-state index is 6.04. The summed E-state index contributed by atoms with van der Waals surface area (Å²) in [6, 6.07) is 8.95. The van der Waals surface area contributed by atoms with Gasteiger partial charge >= 0.3 is 0 Å². The Labute approximate surface area is 113 Å². The number of nitrogens with zero attached hydrogens (tertiary/aromatic N) is 1. The van der Waals surface area contributed by atoms with E-state index >= 15 is 0 Å². The van der Waals surface area contributed by atoms with Crippen molar-refractivity contribution in [1.82, 2.24) is 4.98 Å². The fourth-order valence-corrected chi connectivity index (χ4v) is 2.49. The van der Waals surface area contributed by atoms with Crippen LogP contribution >= 0.6 is 46.6 Å². The Hall–Kier alpha value is -0.410. The molecule has 1 nitrogen and oxygen atoms in total. The van der Waals surface area contributed by atoms with Crippen LogP contribution in [0.5, 0.6) is 0 Å². The first kappa shape index (κ1) is 12.1. The Morgan fingerprint density at radius 1 is 0.938 bits per heavy atom. The average molecular weight is 291 g/mol. The molecule has 0 atom stereocenters. The van der Waals surface area contributed by atoms with Gasteiger partial charge in [0.25, 0.3) is 0 Å². The van der Waals surface area contributed by atoms with Gasteiger partial charge in [-0.15, -0.1) is 0 Å². The number of rotatable bonds is 2. The molecule has 0 spiro atoms. The van der Waals surface area contributed by atoms with Crippen molar-refractivity contribution in [2.24, 2.45) is 0 Å². The first-order valence-corrected chi connectivity index (χ1v) is 6.34. The van der Waals surface area contributed by atoms with Gasteiger partial charge < -0.3 is 0 Å². The average Bonchev–Trinajstić information content (AvgIpc) is 2.27. The van der Waals surface area contributed by atoms with E-state index in [1.54, 1.807) is 24.4 Å². The number of benzene rings is 1. The third kappa shape index (κ3) is 3.05. The van der Waals surface area contributed by atoms with Crippen LogP contribution < -0.4 is 0 Å². The molecule has 0 aliphatic carbocycles. The van der Waals surface area contributed by atoms with Crippen LogP contribution in [0.2, 0.25) is 15.1 Å². The molecule has 0 radical (unpaired) electrons. The molecule has 2 aromatic rings. The molecule has 16 heavy (non-hydrogen) atoms. The van der Waals surface area contributed by atoms with Crippen molar-refractivity contribution in [2.45, 2.75) is 9.92 Å². The van der Waals surface area contributed by atoms with Crippen LogP contribution in [0.1, 0.15) is 0 Å². The van der Waals surface area contributed by atoms with Crippen LogP contribution in [0.15, 0.2) is 46.5 Å². The zero-order valence-corrected chi connectivity index (χ0v) is 11.0. The highest BCUT2D eigenvalue weighted by Gasteiger charge is 2.04. The zero-order valence-electron chi connectivity index (χ0n) is 7.95. The van der Waals surface area contributed by atoms with Crippen molar-refractivity contribution >= 4 is 46.6 Å². The second kappa shape index (κ2) is 5.28. The highest BCUT2D eigenvalue weighted by Crippen LogP contribution is 2.34. The van der Waals surface area contributed by atoms with Gasteiger partial charge in [-0.2, -0.15) is 0 Å². The Morgan fingerprint density at radius 2 is 1.69 bits per heavy atom. The van der Waals surface area contributed by atoms with Gasteiger partial charge in [0.1, 0.15) is 5.03 Å². The van der Waals surface area contributed by atoms with E-state index in [2.05, 4.69) is 4.98 Å². The summed E-state index contributed by atoms with van der Waals surface area (Å²) < 4.78 is 0. The quantitative estimate of drug-likeness (QED) is 0.754. The van der Waals surface area contributed by atoms with E-state index in [9.17, 15) is 0 Å². The number of aromatic nitrogens is 1. The number of pyridine rings is 1. The van der Waals surface area contributed by atoms with E-state index in [0.29, 0.717) is 15.1 Å². The smallest absolute Gasteiger partial charge is 0.101 e. The molecule has 0 fully saturated rings. The van der Waals surface area contributed by atoms with Crippen LogP contribution in [0.3, 0.4) is 0 Å². The van der Waals surface area contributed by atoms with Gasteiger partial charge in [-0.1, -0.05) is 46.6 Å². The van der Waals surface area contributed by atoms with Gasteiger partial charge in [0, 0.05) is 16.1 Å². The monoisotopic (exact) mass is 289 g/mol. The summed E-state index contributed by atoms with van der Waals surface area (Å²) in [6.45, 7) is 0. The van der Waals surface area contributed by atoms with Crippen molar-refractivity contribution in [3.8, 4) is 0 Å². The predicted octanol–water partition coefficient (Wildman–Crippen LogP) is 5.19. The summed E-state index contributed by atoms with van der Waals surface area (Å²) in [5.74, 6) is 0. The maximum atomic E-state index is 6.04. The molecule has 1 aromatic carbocycles. The highest BCUT2D eigenvalue weighted by molar-refractivity contribution is 7.99. The summed E-state index contributed by atoms with van der Waals surface area (Å²) >= 11 is 19.1. The van der Waals surface area contributed by atoms with Gasteiger partial charge in [-0.05, 0) is 30.3 Å². The SMILES string of the molecule is Clc1ccc(Sc2cc(Cl)ccc2Cl)nc1. The number of halogens is 3. The van der Waals surface area contributed by atoms with E-state index in [0.717, 1.165) is 9.92 Å². The summed E-state index contributed by atoms with van der Waals surface area (Å²) in [5.41, 5.74) is 0. The summed E-state index contributed by atoms with van der Waals surface area (Å²) in [7, 11) is 0. The third-order valence-corrected chi connectivity index (χ3v) is 3.72. The van der Waals surface area contributed by atoms with Crippen LogP contribution in [0, 0.1) is 0 Å². The fraction of sp³-hybridized carbons (Fsp3) is 0. The lowest BCUT2D eigenvalue weighted by atomic mass is 10.4. The lowest BCUT2D eigenvalue weighted by Gasteiger charge is -2.03. The Bertz CT molecular complexity index is 499. The van der Waals surface area contributed by atoms with Crippen molar-refractivity contribution in [3.63, 3.8) is 0 Å². The van der Waals surface area contributed by atoms with Gasteiger partial charge in [0.2, 0.25) is 0 Å². The van der Waals surface area contributed by atoms with E-state index in [1.165, 1.54) is 11.8 Å². The molecular weight excluding hydrogens is 285 g/mol. The molecular formula is C11H6Cl3NS. The summed E-state index contributed by atoms with van der Waals surface area (Å²) in [4.78, 5) is 5.05. The Morgan fingerprint density at radius 3 is 2.38 bits per heavy atom. The topological polar surface area (TPSA) is 12.9 Å². The molecule has 0 aliphatic rings. The van der Waals surface area contributed by atoms with Crippen LogP contribution in [-0.4, -0.2) is 4.98 Å². The van der Waals surface area contributed by atoms with Crippen molar-refractivity contribution in [3.05, 3.63) is 51.6 Å². The molecule has 2 rings (SSSR count). The minimum absolute atomic E-state index is 0.613. The number of hydrogen-bond acceptors (Lipinski definition) is 2. The van der Waals surface area contributed by atoms with Crippen molar-refractivity contribution in [2.75, 3.05) is 0 Å². The highest BCUT2D eigenvalue weighted by atomic mass is 35.5. The first-order valence-electron chi connectivity index (χ1n) is 4.39. The molecule has 0 saturated carbocycles. The largest absolute Gasteiger partial charge is 0.248 e. The minimum atomic E-state index is 0.613. The molecule has 0 unspecified atom stereocenters. The van der Waals surface area contributed by atoms with E-state index in [4.69, 9.17) is 34.8 Å². The van der Waals surface area contributed by atoms with Gasteiger partial charge in [0.05, 0.1) is 10.0 Å². The van der Waals surface area contributed by atoms with Gasteiger partial charge in [-0.25, -0.2) is 4.98 Å². The number of hydrogen-bond donors (Lipinski definition) is 0. The molecule has 0 N–H and O–H groups in total. The van der Waals surface area contributed by atoms with Crippen LogP contribution in [0.4, 0.5) is 0 Å². The molecule has 5 heteroatoms. The molecule has 0 saturated heterocycles. The lowest BCUT2D eigenvalue weighted by molar-refractivity contribution is 1.13. The Kier molecular flexibility index (Phi) is 3.98. The predicted molar refractivity (Wildman–Crippen MR) is 69.8 cm³/mol. The van der Waals surface area contributed by atoms with Gasteiger partial charge in [0.15, 0.2) is 0 Å². The molecule has 82 valence electrons. The van der Waals surface area contributed by atoms with E-state index < -0.39 is 0 Å². The van der Waals surface area contributed by atoms with E-state index in [-0.39, 0.29) is 0 Å². The molecule has 0 aliphatic heterocycles. The summed E-state index contributed by atoms with van der Waals surface area (Å²) in [5, 5.41) is 2.75. The van der Waals surface area contributed by atoms with Crippen molar-refractivity contribution in [1.29, 1.82) is 0 Å². The van der Waals surface area contributed by atoms with Crippen LogP contribution in [-0.2, 0) is 0 Å². The second-order valence-electron chi connectivity index (χ2n) is 2.99. The molecule has 1 aromatic heterocycles. The molecule has 0 amide bonds. The minimum Gasteiger partial charge on any atom is -0.248 e. The van der Waals surface area contributed by atoms with Crippen LogP contribution in [0.25, 0.3) is 0 Å².